The summed E-state index contributed by atoms with van der Waals surface area (Å²) in [6.07, 6.45) is 3.61. The lowest BCUT2D eigenvalue weighted by Gasteiger charge is -2.23. The highest BCUT2D eigenvalue weighted by Gasteiger charge is 2.24. The highest BCUT2D eigenvalue weighted by Crippen LogP contribution is 2.22. The second-order valence-electron chi connectivity index (χ2n) is 6.54. The van der Waals surface area contributed by atoms with Crippen LogP contribution in [0.1, 0.15) is 49.4 Å². The first-order valence-electron chi connectivity index (χ1n) is 8.72. The summed E-state index contributed by atoms with van der Waals surface area (Å²) >= 11 is 5.76. The number of sulfonamides is 1. The first-order chi connectivity index (χ1) is 13.1. The van der Waals surface area contributed by atoms with Crippen LogP contribution in [0.5, 0.6) is 0 Å². The summed E-state index contributed by atoms with van der Waals surface area (Å²) in [5, 5.41) is 9.72. The van der Waals surface area contributed by atoms with E-state index in [1.807, 2.05) is 0 Å². The van der Waals surface area contributed by atoms with Gasteiger partial charge < -0.3 is 10.1 Å². The number of hydrogen-bond acceptors (Lipinski definition) is 6. The maximum Gasteiger partial charge on any atom is 0.338 e. The van der Waals surface area contributed by atoms with E-state index in [1.165, 1.54) is 19.1 Å². The molecule has 4 N–H and O–H groups in total. The number of urea groups is 1. The van der Waals surface area contributed by atoms with E-state index in [0.29, 0.717) is 0 Å². The quantitative estimate of drug-likeness (QED) is 0.605. The Morgan fingerprint density at radius 1 is 1.21 bits per heavy atom. The van der Waals surface area contributed by atoms with Crippen LogP contribution in [-0.2, 0) is 19.6 Å². The first kappa shape index (κ1) is 22.1. The molecule has 0 heterocycles. The van der Waals surface area contributed by atoms with Crippen molar-refractivity contribution in [2.24, 2.45) is 5.14 Å². The Morgan fingerprint density at radius 2 is 1.86 bits per heavy atom. The summed E-state index contributed by atoms with van der Waals surface area (Å²) in [4.78, 5) is 35.7. The molecular formula is C17H22ClN3O6S. The Morgan fingerprint density at radius 3 is 2.46 bits per heavy atom. The van der Waals surface area contributed by atoms with E-state index in [9.17, 15) is 22.8 Å². The van der Waals surface area contributed by atoms with Crippen LogP contribution in [0.15, 0.2) is 23.1 Å². The number of rotatable bonds is 5. The van der Waals surface area contributed by atoms with E-state index in [0.717, 1.165) is 38.2 Å². The summed E-state index contributed by atoms with van der Waals surface area (Å²) in [5.74, 6) is -1.76. The lowest BCUT2D eigenvalue weighted by atomic mass is 9.96. The molecule has 1 aliphatic carbocycles. The molecular weight excluding hydrogens is 410 g/mol. The number of nitrogens with one attached hydrogen (secondary N) is 2. The van der Waals surface area contributed by atoms with Crippen LogP contribution in [0.3, 0.4) is 0 Å². The molecule has 11 heteroatoms. The predicted molar refractivity (Wildman–Crippen MR) is 101 cm³/mol. The third kappa shape index (κ3) is 6.18. The van der Waals surface area contributed by atoms with Gasteiger partial charge in [0.05, 0.1) is 10.6 Å². The number of benzene rings is 1. The van der Waals surface area contributed by atoms with Crippen molar-refractivity contribution >= 4 is 39.5 Å². The third-order valence-electron chi connectivity index (χ3n) is 4.30. The smallest absolute Gasteiger partial charge is 0.338 e. The summed E-state index contributed by atoms with van der Waals surface area (Å²) in [6.45, 7) is 1.29. The first-order valence-corrected chi connectivity index (χ1v) is 10.6. The number of esters is 1. The summed E-state index contributed by atoms with van der Waals surface area (Å²) in [5.41, 5.74) is -0.153. The number of hydrogen-bond donors (Lipinski definition) is 3. The van der Waals surface area contributed by atoms with Crippen LogP contribution >= 0.6 is 11.6 Å². The van der Waals surface area contributed by atoms with E-state index >= 15 is 0 Å². The summed E-state index contributed by atoms with van der Waals surface area (Å²) in [7, 11) is -4.14. The van der Waals surface area contributed by atoms with Gasteiger partial charge in [0, 0.05) is 6.04 Å². The minimum Gasteiger partial charge on any atom is -0.449 e. The van der Waals surface area contributed by atoms with Crippen LogP contribution in [0.2, 0.25) is 5.02 Å². The molecule has 0 aliphatic heterocycles. The Hall–Kier alpha value is -2.17. The van der Waals surface area contributed by atoms with Gasteiger partial charge >= 0.3 is 12.0 Å². The van der Waals surface area contributed by atoms with E-state index in [4.69, 9.17) is 21.5 Å². The molecule has 1 saturated carbocycles. The Bertz CT molecular complexity index is 868. The van der Waals surface area contributed by atoms with E-state index in [1.54, 1.807) is 0 Å². The number of carbonyl (C=O) groups is 3. The van der Waals surface area contributed by atoms with Crippen molar-refractivity contribution in [3.05, 3.63) is 28.8 Å². The van der Waals surface area contributed by atoms with Crippen LogP contribution < -0.4 is 15.8 Å². The van der Waals surface area contributed by atoms with Gasteiger partial charge in [0.2, 0.25) is 10.0 Å². The summed E-state index contributed by atoms with van der Waals surface area (Å²) in [6, 6.07) is 2.74. The van der Waals surface area contributed by atoms with Crippen LogP contribution in [0, 0.1) is 0 Å². The standard InChI is InChI=1S/C17H22ClN3O6S/c1-10(15(22)21-17(24)20-12-5-3-2-4-6-12)27-16(23)11-7-8-13(18)14(9-11)28(19,25)26/h7-10,12H,2-6H2,1H3,(H2,19,25,26)(H2,20,21,22,24)/t10-/m0/s1. The molecule has 3 amide bonds. The monoisotopic (exact) mass is 431 g/mol. The Kier molecular flexibility index (Phi) is 7.39. The van der Waals surface area contributed by atoms with Gasteiger partial charge in [-0.25, -0.2) is 23.1 Å². The van der Waals surface area contributed by atoms with Gasteiger partial charge in [-0.1, -0.05) is 30.9 Å². The fourth-order valence-corrected chi connectivity index (χ4v) is 3.88. The Balaban J connectivity index is 1.94. The topological polar surface area (TPSA) is 145 Å². The van der Waals surface area contributed by atoms with Crippen molar-refractivity contribution in [2.45, 2.75) is 56.1 Å². The average molecular weight is 432 g/mol. The maximum atomic E-state index is 12.2. The number of carbonyl (C=O) groups excluding carboxylic acids is 3. The lowest BCUT2D eigenvalue weighted by molar-refractivity contribution is -0.127. The number of ether oxygens (including phenoxy) is 1. The fourth-order valence-electron chi connectivity index (χ4n) is 2.81. The second-order valence-corrected chi connectivity index (χ2v) is 8.47. The molecule has 0 aromatic heterocycles. The van der Waals surface area contributed by atoms with Gasteiger partial charge in [0.1, 0.15) is 4.90 Å². The van der Waals surface area contributed by atoms with Gasteiger partial charge in [0.25, 0.3) is 5.91 Å². The highest BCUT2D eigenvalue weighted by molar-refractivity contribution is 7.89. The SMILES string of the molecule is C[C@H](OC(=O)c1ccc(Cl)c(S(N)(=O)=O)c1)C(=O)NC(=O)NC1CCCCC1. The van der Waals surface area contributed by atoms with Crippen molar-refractivity contribution in [1.82, 2.24) is 10.6 Å². The zero-order valence-electron chi connectivity index (χ0n) is 15.2. The molecule has 0 radical (unpaired) electrons. The summed E-state index contributed by atoms with van der Waals surface area (Å²) < 4.78 is 27.9. The Labute approximate surface area is 168 Å². The maximum absolute atomic E-state index is 12.2. The number of amides is 3. The van der Waals surface area contributed by atoms with Gasteiger partial charge in [0.15, 0.2) is 6.10 Å². The number of halogens is 1. The van der Waals surface area contributed by atoms with Gasteiger partial charge in [-0.2, -0.15) is 0 Å². The molecule has 1 aromatic carbocycles. The number of primary sulfonamides is 1. The highest BCUT2D eigenvalue weighted by atomic mass is 35.5. The van der Waals surface area contributed by atoms with Crippen LogP contribution in [0.25, 0.3) is 0 Å². The molecule has 2 rings (SSSR count). The van der Waals surface area contributed by atoms with E-state index < -0.39 is 38.9 Å². The molecule has 0 unspecified atom stereocenters. The molecule has 1 fully saturated rings. The van der Waals surface area contributed by atoms with Crippen LogP contribution in [0.4, 0.5) is 4.79 Å². The van der Waals surface area contributed by atoms with Gasteiger partial charge in [-0.3, -0.25) is 10.1 Å². The third-order valence-corrected chi connectivity index (χ3v) is 5.70. The average Bonchev–Trinajstić information content (AvgIpc) is 2.61. The van der Waals surface area contributed by atoms with Crippen molar-refractivity contribution in [2.75, 3.05) is 0 Å². The largest absolute Gasteiger partial charge is 0.449 e. The number of imide groups is 1. The van der Waals surface area contributed by atoms with Gasteiger partial charge in [-0.05, 0) is 38.0 Å². The molecule has 154 valence electrons. The molecule has 1 aromatic rings. The van der Waals surface area contributed by atoms with Crippen molar-refractivity contribution < 1.29 is 27.5 Å². The lowest BCUT2D eigenvalue weighted by Crippen LogP contribution is -2.48. The predicted octanol–water partition coefficient (Wildman–Crippen LogP) is 1.69. The molecule has 9 nitrogen and oxygen atoms in total. The molecule has 1 aliphatic rings. The molecule has 1 atom stereocenters. The van der Waals surface area contributed by atoms with Crippen molar-refractivity contribution in [3.63, 3.8) is 0 Å². The van der Waals surface area contributed by atoms with Gasteiger partial charge in [-0.15, -0.1) is 0 Å². The molecule has 0 saturated heterocycles. The molecule has 28 heavy (non-hydrogen) atoms. The van der Waals surface area contributed by atoms with Crippen molar-refractivity contribution in [3.8, 4) is 0 Å². The fraction of sp³-hybridized carbons (Fsp3) is 0.471. The van der Waals surface area contributed by atoms with Crippen molar-refractivity contribution in [1.29, 1.82) is 0 Å². The molecule has 0 spiro atoms. The number of nitrogens with two attached hydrogens (primary N) is 1. The molecule has 0 bridgehead atoms. The van der Waals surface area contributed by atoms with Crippen LogP contribution in [-0.4, -0.2) is 38.5 Å². The minimum atomic E-state index is -4.14. The minimum absolute atomic E-state index is 0.0186. The second kappa shape index (κ2) is 9.35. The van der Waals surface area contributed by atoms with E-state index in [-0.39, 0.29) is 16.6 Å². The zero-order valence-corrected chi connectivity index (χ0v) is 16.8. The zero-order chi connectivity index (χ0) is 20.9. The van der Waals surface area contributed by atoms with E-state index in [2.05, 4.69) is 10.6 Å². The normalized spacial score (nSPS) is 16.1.